The second-order valence-electron chi connectivity index (χ2n) is 9.12. The number of nitrogens with zero attached hydrogens (tertiary/aromatic N) is 2. The lowest BCUT2D eigenvalue weighted by atomic mass is 9.86. The van der Waals surface area contributed by atoms with Crippen LogP contribution in [0.25, 0.3) is 0 Å². The van der Waals surface area contributed by atoms with Gasteiger partial charge in [-0.3, -0.25) is 14.7 Å². The van der Waals surface area contributed by atoms with Crippen LogP contribution < -0.4 is 10.1 Å². The summed E-state index contributed by atoms with van der Waals surface area (Å²) in [7, 11) is 1.70. The van der Waals surface area contributed by atoms with Crippen molar-refractivity contribution in [3.8, 4) is 5.75 Å². The van der Waals surface area contributed by atoms with Gasteiger partial charge in [-0.15, -0.1) is 0 Å². The summed E-state index contributed by atoms with van der Waals surface area (Å²) in [6, 6.07) is 14.4. The van der Waals surface area contributed by atoms with Crippen molar-refractivity contribution >= 4 is 5.91 Å². The monoisotopic (exact) mass is 421 g/mol. The second kappa shape index (κ2) is 10.8. The Kier molecular flexibility index (Phi) is 7.57. The molecule has 1 atom stereocenters. The van der Waals surface area contributed by atoms with Gasteiger partial charge in [0, 0.05) is 19.2 Å². The van der Waals surface area contributed by atoms with Crippen molar-refractivity contribution in [2.45, 2.75) is 57.5 Å². The lowest BCUT2D eigenvalue weighted by Crippen LogP contribution is -2.41. The molecule has 5 heteroatoms. The molecule has 1 unspecified atom stereocenters. The SMILES string of the molecule is COc1ccc(CN2CCC(C(NC(=O)CC3CCCC3)c3ccccn3)CC2)cc1. The van der Waals surface area contributed by atoms with Gasteiger partial charge in [-0.05, 0) is 80.4 Å². The molecule has 2 fully saturated rings. The third-order valence-electron chi connectivity index (χ3n) is 6.94. The lowest BCUT2D eigenvalue weighted by molar-refractivity contribution is -0.123. The quantitative estimate of drug-likeness (QED) is 0.669. The zero-order valence-corrected chi connectivity index (χ0v) is 18.6. The standard InChI is InChI=1S/C26H35N3O2/c1-31-23-11-9-21(10-12-23)19-29-16-13-22(14-17-29)26(24-8-4-5-15-27-24)28-25(30)18-20-6-2-3-7-20/h4-5,8-12,15,20,22,26H,2-3,6-7,13-14,16-19H2,1H3,(H,28,30). The van der Waals surface area contributed by atoms with Gasteiger partial charge in [0.15, 0.2) is 0 Å². The summed E-state index contributed by atoms with van der Waals surface area (Å²) in [5.74, 6) is 2.09. The van der Waals surface area contributed by atoms with E-state index in [9.17, 15) is 4.79 Å². The molecule has 0 radical (unpaired) electrons. The molecule has 1 amide bonds. The molecule has 2 aromatic rings. The number of benzene rings is 1. The topological polar surface area (TPSA) is 54.5 Å². The number of hydrogen-bond acceptors (Lipinski definition) is 4. The third kappa shape index (κ3) is 6.07. The number of ether oxygens (including phenoxy) is 1. The first-order valence-corrected chi connectivity index (χ1v) is 11.8. The zero-order valence-electron chi connectivity index (χ0n) is 18.6. The predicted octanol–water partition coefficient (Wildman–Crippen LogP) is 4.74. The molecule has 31 heavy (non-hydrogen) atoms. The normalized spacial score (nSPS) is 19.3. The second-order valence-corrected chi connectivity index (χ2v) is 9.12. The minimum atomic E-state index is 0.0123. The van der Waals surface area contributed by atoms with E-state index in [-0.39, 0.29) is 11.9 Å². The molecule has 1 N–H and O–H groups in total. The van der Waals surface area contributed by atoms with Crippen LogP contribution in [-0.4, -0.2) is 36.0 Å². The van der Waals surface area contributed by atoms with Gasteiger partial charge in [0.2, 0.25) is 5.91 Å². The average Bonchev–Trinajstić information content (AvgIpc) is 3.32. The number of aromatic nitrogens is 1. The summed E-state index contributed by atoms with van der Waals surface area (Å²) in [6.07, 6.45) is 9.59. The van der Waals surface area contributed by atoms with Gasteiger partial charge in [0.25, 0.3) is 0 Å². The van der Waals surface area contributed by atoms with E-state index in [4.69, 9.17) is 4.74 Å². The van der Waals surface area contributed by atoms with Gasteiger partial charge in [-0.25, -0.2) is 0 Å². The third-order valence-corrected chi connectivity index (χ3v) is 6.94. The van der Waals surface area contributed by atoms with Gasteiger partial charge in [0.05, 0.1) is 18.8 Å². The zero-order chi connectivity index (χ0) is 21.5. The number of carbonyl (C=O) groups excluding carboxylic acids is 1. The van der Waals surface area contributed by atoms with Gasteiger partial charge in [-0.2, -0.15) is 0 Å². The molecular formula is C26H35N3O2. The summed E-state index contributed by atoms with van der Waals surface area (Å²) in [6.45, 7) is 3.04. The van der Waals surface area contributed by atoms with Crippen LogP contribution >= 0.6 is 0 Å². The van der Waals surface area contributed by atoms with Crippen LogP contribution in [0.3, 0.4) is 0 Å². The first-order chi connectivity index (χ1) is 15.2. The number of likely N-dealkylation sites (tertiary alicyclic amines) is 1. The number of carbonyl (C=O) groups is 1. The van der Waals surface area contributed by atoms with Crippen LogP contribution in [0.1, 0.15) is 62.2 Å². The summed E-state index contributed by atoms with van der Waals surface area (Å²) in [5, 5.41) is 3.37. The highest BCUT2D eigenvalue weighted by Gasteiger charge is 2.30. The molecule has 1 aromatic carbocycles. The Morgan fingerprint density at radius 3 is 2.48 bits per heavy atom. The van der Waals surface area contributed by atoms with Crippen molar-refractivity contribution in [3.05, 3.63) is 59.9 Å². The minimum Gasteiger partial charge on any atom is -0.497 e. The predicted molar refractivity (Wildman–Crippen MR) is 123 cm³/mol. The number of pyridine rings is 1. The number of hydrogen-bond donors (Lipinski definition) is 1. The molecule has 0 spiro atoms. The van der Waals surface area contributed by atoms with Crippen LogP contribution in [0.5, 0.6) is 5.75 Å². The molecule has 1 aliphatic heterocycles. The van der Waals surface area contributed by atoms with E-state index in [2.05, 4.69) is 33.4 Å². The molecule has 2 heterocycles. The summed E-state index contributed by atoms with van der Waals surface area (Å²) in [5.41, 5.74) is 2.31. The van der Waals surface area contributed by atoms with Crippen molar-refractivity contribution in [2.24, 2.45) is 11.8 Å². The molecule has 1 saturated heterocycles. The molecule has 166 valence electrons. The van der Waals surface area contributed by atoms with E-state index in [1.54, 1.807) is 7.11 Å². The van der Waals surface area contributed by atoms with Crippen LogP contribution in [-0.2, 0) is 11.3 Å². The molecule has 1 saturated carbocycles. The number of amides is 1. The molecule has 1 aliphatic carbocycles. The van der Waals surface area contributed by atoms with Crippen LogP contribution in [0.15, 0.2) is 48.7 Å². The number of nitrogens with one attached hydrogen (secondary N) is 1. The van der Waals surface area contributed by atoms with Gasteiger partial charge < -0.3 is 10.1 Å². The van der Waals surface area contributed by atoms with E-state index in [0.717, 1.165) is 43.9 Å². The molecule has 0 bridgehead atoms. The van der Waals surface area contributed by atoms with Crippen molar-refractivity contribution in [3.63, 3.8) is 0 Å². The Hall–Kier alpha value is -2.40. The maximum absolute atomic E-state index is 12.8. The van der Waals surface area contributed by atoms with E-state index in [1.807, 2.05) is 30.5 Å². The van der Waals surface area contributed by atoms with E-state index >= 15 is 0 Å². The number of piperidine rings is 1. The highest BCUT2D eigenvalue weighted by atomic mass is 16.5. The van der Waals surface area contributed by atoms with Crippen LogP contribution in [0, 0.1) is 11.8 Å². The summed E-state index contributed by atoms with van der Waals surface area (Å²) >= 11 is 0. The van der Waals surface area contributed by atoms with Crippen molar-refractivity contribution in [1.82, 2.24) is 15.2 Å². The number of rotatable bonds is 8. The highest BCUT2D eigenvalue weighted by Crippen LogP contribution is 2.32. The first-order valence-electron chi connectivity index (χ1n) is 11.8. The first kappa shape index (κ1) is 21.8. The van der Waals surface area contributed by atoms with Crippen molar-refractivity contribution in [2.75, 3.05) is 20.2 Å². The molecule has 4 rings (SSSR count). The maximum Gasteiger partial charge on any atom is 0.220 e. The molecule has 2 aliphatic rings. The largest absolute Gasteiger partial charge is 0.497 e. The maximum atomic E-state index is 12.8. The Labute approximate surface area is 186 Å². The Balaban J connectivity index is 1.35. The minimum absolute atomic E-state index is 0.0123. The smallest absolute Gasteiger partial charge is 0.220 e. The summed E-state index contributed by atoms with van der Waals surface area (Å²) in [4.78, 5) is 19.9. The van der Waals surface area contributed by atoms with E-state index in [1.165, 1.54) is 31.2 Å². The van der Waals surface area contributed by atoms with Crippen LogP contribution in [0.4, 0.5) is 0 Å². The van der Waals surface area contributed by atoms with Crippen LogP contribution in [0.2, 0.25) is 0 Å². The Morgan fingerprint density at radius 2 is 1.84 bits per heavy atom. The fraction of sp³-hybridized carbons (Fsp3) is 0.538. The van der Waals surface area contributed by atoms with Gasteiger partial charge in [0.1, 0.15) is 5.75 Å². The van der Waals surface area contributed by atoms with E-state index in [0.29, 0.717) is 18.3 Å². The van der Waals surface area contributed by atoms with Crippen molar-refractivity contribution < 1.29 is 9.53 Å². The Morgan fingerprint density at radius 1 is 1.10 bits per heavy atom. The average molecular weight is 422 g/mol. The molecule has 5 nitrogen and oxygen atoms in total. The van der Waals surface area contributed by atoms with Gasteiger partial charge >= 0.3 is 0 Å². The highest BCUT2D eigenvalue weighted by molar-refractivity contribution is 5.76. The fourth-order valence-corrected chi connectivity index (χ4v) is 5.14. The molecular weight excluding hydrogens is 386 g/mol. The number of methoxy groups -OCH3 is 1. The lowest BCUT2D eigenvalue weighted by Gasteiger charge is -2.36. The van der Waals surface area contributed by atoms with E-state index < -0.39 is 0 Å². The Bertz CT molecular complexity index is 810. The summed E-state index contributed by atoms with van der Waals surface area (Å²) < 4.78 is 5.26. The fourth-order valence-electron chi connectivity index (χ4n) is 5.14. The van der Waals surface area contributed by atoms with Crippen molar-refractivity contribution in [1.29, 1.82) is 0 Å². The molecule has 1 aromatic heterocycles. The van der Waals surface area contributed by atoms with Gasteiger partial charge in [-0.1, -0.05) is 31.0 Å².